The van der Waals surface area contributed by atoms with E-state index < -0.39 is 0 Å². The van der Waals surface area contributed by atoms with Crippen LogP contribution in [0.4, 0.5) is 11.4 Å². The third-order valence-corrected chi connectivity index (χ3v) is 5.24. The average molecular weight is 439 g/mol. The Morgan fingerprint density at radius 1 is 0.818 bits per heavy atom. The van der Waals surface area contributed by atoms with Crippen molar-refractivity contribution in [1.82, 2.24) is 4.98 Å². The zero-order chi connectivity index (χ0) is 22.8. The molecule has 0 radical (unpaired) electrons. The Labute approximate surface area is 190 Å². The van der Waals surface area contributed by atoms with Crippen LogP contribution in [0.15, 0.2) is 72.8 Å². The summed E-state index contributed by atoms with van der Waals surface area (Å²) in [4.78, 5) is 29.4. The van der Waals surface area contributed by atoms with Gasteiger partial charge in [-0.2, -0.15) is 0 Å². The van der Waals surface area contributed by atoms with Crippen LogP contribution in [0.3, 0.4) is 0 Å². The first-order chi connectivity index (χ1) is 16.1. The summed E-state index contributed by atoms with van der Waals surface area (Å²) in [6, 6.07) is 22.0. The fraction of sp³-hybridized carbons (Fsp3) is 0.115. The summed E-state index contributed by atoms with van der Waals surface area (Å²) in [7, 11) is 0. The molecule has 0 spiro atoms. The number of aromatic nitrogens is 1. The SMILES string of the molecule is CC(=O)Nc1cccc(NC(=O)c2cc(-c3ccc4c(c3)OCCO4)nc3ccccc23)c1. The predicted molar refractivity (Wildman–Crippen MR) is 127 cm³/mol. The number of ether oxygens (including phenoxy) is 2. The van der Waals surface area contributed by atoms with E-state index in [1.165, 1.54) is 6.92 Å². The standard InChI is InChI=1S/C26H21N3O4/c1-16(30)27-18-5-4-6-19(14-18)28-26(31)21-15-23(29-22-8-3-2-7-20(21)22)17-9-10-24-25(13-17)33-12-11-32-24/h2-10,13-15H,11-12H2,1H3,(H,27,30)(H,28,31). The van der Waals surface area contributed by atoms with Gasteiger partial charge in [0.2, 0.25) is 5.91 Å². The fourth-order valence-corrected chi connectivity index (χ4v) is 3.79. The van der Waals surface area contributed by atoms with Gasteiger partial charge in [-0.15, -0.1) is 0 Å². The second-order valence-corrected chi connectivity index (χ2v) is 7.65. The Morgan fingerprint density at radius 3 is 2.39 bits per heavy atom. The summed E-state index contributed by atoms with van der Waals surface area (Å²) in [6.45, 7) is 2.45. The number of benzene rings is 3. The van der Waals surface area contributed by atoms with Crippen LogP contribution in [0.1, 0.15) is 17.3 Å². The zero-order valence-electron chi connectivity index (χ0n) is 17.9. The highest BCUT2D eigenvalue weighted by Crippen LogP contribution is 2.35. The second-order valence-electron chi connectivity index (χ2n) is 7.65. The van der Waals surface area contributed by atoms with Crippen LogP contribution in [0.25, 0.3) is 22.2 Å². The molecule has 33 heavy (non-hydrogen) atoms. The van der Waals surface area contributed by atoms with Crippen molar-refractivity contribution in [3.8, 4) is 22.8 Å². The van der Waals surface area contributed by atoms with E-state index in [0.717, 1.165) is 10.9 Å². The molecular weight excluding hydrogens is 418 g/mol. The molecule has 1 aliphatic rings. The molecule has 7 nitrogen and oxygen atoms in total. The molecule has 0 saturated carbocycles. The maximum absolute atomic E-state index is 13.3. The van der Waals surface area contributed by atoms with Crippen LogP contribution in [-0.2, 0) is 4.79 Å². The van der Waals surface area contributed by atoms with Crippen LogP contribution in [-0.4, -0.2) is 30.0 Å². The van der Waals surface area contributed by atoms with E-state index >= 15 is 0 Å². The third-order valence-electron chi connectivity index (χ3n) is 5.24. The van der Waals surface area contributed by atoms with Gasteiger partial charge in [0.25, 0.3) is 5.91 Å². The Bertz CT molecular complexity index is 1380. The van der Waals surface area contributed by atoms with Gasteiger partial charge in [-0.3, -0.25) is 9.59 Å². The molecule has 0 fully saturated rings. The summed E-state index contributed by atoms with van der Waals surface area (Å²) < 4.78 is 11.3. The summed E-state index contributed by atoms with van der Waals surface area (Å²) in [5.41, 5.74) is 3.87. The number of nitrogens with zero attached hydrogens (tertiary/aromatic N) is 1. The van der Waals surface area contributed by atoms with Crippen LogP contribution in [0.5, 0.6) is 11.5 Å². The Morgan fingerprint density at radius 2 is 1.58 bits per heavy atom. The minimum absolute atomic E-state index is 0.178. The quantitative estimate of drug-likeness (QED) is 0.473. The summed E-state index contributed by atoms with van der Waals surface area (Å²) in [5, 5.41) is 6.40. The summed E-state index contributed by atoms with van der Waals surface area (Å²) >= 11 is 0. The minimum atomic E-state index is -0.271. The average Bonchev–Trinajstić information content (AvgIpc) is 2.83. The number of hydrogen-bond acceptors (Lipinski definition) is 5. The molecule has 0 unspecified atom stereocenters. The van der Waals surface area contributed by atoms with E-state index in [9.17, 15) is 9.59 Å². The number of carbonyl (C=O) groups excluding carboxylic acids is 2. The van der Waals surface area contributed by atoms with Crippen molar-refractivity contribution >= 4 is 34.1 Å². The van der Waals surface area contributed by atoms with Gasteiger partial charge >= 0.3 is 0 Å². The Hall–Kier alpha value is -4.39. The van der Waals surface area contributed by atoms with Crippen LogP contribution in [0, 0.1) is 0 Å². The molecule has 2 heterocycles. The highest BCUT2D eigenvalue weighted by Gasteiger charge is 2.17. The number of rotatable bonds is 4. The lowest BCUT2D eigenvalue weighted by molar-refractivity contribution is -0.114. The first kappa shape index (κ1) is 20.5. The molecule has 2 amide bonds. The lowest BCUT2D eigenvalue weighted by Gasteiger charge is -2.19. The second kappa shape index (κ2) is 8.63. The molecule has 7 heteroatoms. The van der Waals surface area contributed by atoms with Crippen molar-refractivity contribution in [1.29, 1.82) is 0 Å². The van der Waals surface area contributed by atoms with E-state index in [4.69, 9.17) is 14.5 Å². The van der Waals surface area contributed by atoms with E-state index in [1.807, 2.05) is 42.5 Å². The number of hydrogen-bond donors (Lipinski definition) is 2. The number of nitrogens with one attached hydrogen (secondary N) is 2. The van der Waals surface area contributed by atoms with Gasteiger partial charge in [0.05, 0.1) is 16.8 Å². The molecule has 0 aliphatic carbocycles. The van der Waals surface area contributed by atoms with E-state index in [-0.39, 0.29) is 11.8 Å². The normalized spacial score (nSPS) is 12.3. The van der Waals surface area contributed by atoms with Gasteiger partial charge in [-0.1, -0.05) is 24.3 Å². The highest BCUT2D eigenvalue weighted by molar-refractivity contribution is 6.13. The highest BCUT2D eigenvalue weighted by atomic mass is 16.6. The van der Waals surface area contributed by atoms with Gasteiger partial charge in [-0.05, 0) is 48.5 Å². The lowest BCUT2D eigenvalue weighted by Crippen LogP contribution is -2.15. The monoisotopic (exact) mass is 439 g/mol. The van der Waals surface area contributed by atoms with Crippen molar-refractivity contribution in [2.75, 3.05) is 23.8 Å². The molecule has 0 atom stereocenters. The van der Waals surface area contributed by atoms with E-state index in [2.05, 4.69) is 10.6 Å². The predicted octanol–water partition coefficient (Wildman–Crippen LogP) is 4.88. The number of pyridine rings is 1. The van der Waals surface area contributed by atoms with Crippen molar-refractivity contribution in [2.45, 2.75) is 6.92 Å². The first-order valence-electron chi connectivity index (χ1n) is 10.6. The van der Waals surface area contributed by atoms with Gasteiger partial charge in [0.15, 0.2) is 11.5 Å². The molecule has 0 saturated heterocycles. The third kappa shape index (κ3) is 4.34. The molecule has 2 N–H and O–H groups in total. The van der Waals surface area contributed by atoms with Gasteiger partial charge < -0.3 is 20.1 Å². The molecular formula is C26H21N3O4. The molecule has 1 aromatic heterocycles. The minimum Gasteiger partial charge on any atom is -0.486 e. The van der Waals surface area contributed by atoms with Gasteiger partial charge in [-0.25, -0.2) is 4.98 Å². The first-order valence-corrected chi connectivity index (χ1v) is 10.6. The van der Waals surface area contributed by atoms with Gasteiger partial charge in [0.1, 0.15) is 13.2 Å². The number of anilines is 2. The van der Waals surface area contributed by atoms with Crippen molar-refractivity contribution in [3.63, 3.8) is 0 Å². The summed E-state index contributed by atoms with van der Waals surface area (Å²) in [5.74, 6) is 0.910. The van der Waals surface area contributed by atoms with Crippen LogP contribution in [0.2, 0.25) is 0 Å². The summed E-state index contributed by atoms with van der Waals surface area (Å²) in [6.07, 6.45) is 0. The fourth-order valence-electron chi connectivity index (χ4n) is 3.79. The number of amides is 2. The van der Waals surface area contributed by atoms with Crippen molar-refractivity contribution in [2.24, 2.45) is 0 Å². The molecule has 4 aromatic rings. The van der Waals surface area contributed by atoms with Crippen molar-refractivity contribution in [3.05, 3.63) is 78.4 Å². The maximum atomic E-state index is 13.3. The molecule has 1 aliphatic heterocycles. The Balaban J connectivity index is 1.53. The van der Waals surface area contributed by atoms with Crippen LogP contribution >= 0.6 is 0 Å². The molecule has 164 valence electrons. The number of para-hydroxylation sites is 1. The number of carbonyl (C=O) groups is 2. The van der Waals surface area contributed by atoms with Crippen molar-refractivity contribution < 1.29 is 19.1 Å². The van der Waals surface area contributed by atoms with Gasteiger partial charge in [0, 0.05) is 29.2 Å². The van der Waals surface area contributed by atoms with E-state index in [1.54, 1.807) is 30.3 Å². The molecule has 3 aromatic carbocycles. The van der Waals surface area contributed by atoms with Crippen LogP contribution < -0.4 is 20.1 Å². The van der Waals surface area contributed by atoms with E-state index in [0.29, 0.717) is 52.9 Å². The topological polar surface area (TPSA) is 89.6 Å². The Kier molecular flexibility index (Phi) is 5.36. The lowest BCUT2D eigenvalue weighted by atomic mass is 10.0. The maximum Gasteiger partial charge on any atom is 0.256 e. The number of fused-ring (bicyclic) bond motifs is 2. The molecule has 0 bridgehead atoms. The zero-order valence-corrected chi connectivity index (χ0v) is 17.9. The largest absolute Gasteiger partial charge is 0.486 e. The smallest absolute Gasteiger partial charge is 0.256 e. The molecule has 5 rings (SSSR count).